The average molecular weight is 401 g/mol. The standard InChI is InChI=1S/C17H13BrN4OS/c1-17(21-20-12-8-6-11(18)7-9-12)10-24-16-19-13-4-2-3-5-14(13)22(16)15(17)23/h2-9H,10H2,1H3. The number of benzene rings is 2. The first kappa shape index (κ1) is 15.5. The molecular formula is C17H13BrN4OS. The van der Waals surface area contributed by atoms with E-state index < -0.39 is 5.54 Å². The van der Waals surface area contributed by atoms with Gasteiger partial charge in [-0.2, -0.15) is 10.2 Å². The number of carbonyl (C=O) groups is 1. The molecule has 3 aromatic rings. The fourth-order valence-electron chi connectivity index (χ4n) is 2.55. The molecule has 0 saturated heterocycles. The van der Waals surface area contributed by atoms with E-state index in [2.05, 4.69) is 31.1 Å². The maximum absolute atomic E-state index is 13.0. The van der Waals surface area contributed by atoms with Crippen molar-refractivity contribution in [1.82, 2.24) is 9.55 Å². The predicted molar refractivity (Wildman–Crippen MR) is 98.1 cm³/mol. The second kappa shape index (κ2) is 5.82. The van der Waals surface area contributed by atoms with Crippen molar-refractivity contribution in [2.24, 2.45) is 10.2 Å². The summed E-state index contributed by atoms with van der Waals surface area (Å²) >= 11 is 4.92. The topological polar surface area (TPSA) is 59.6 Å². The third-order valence-corrected chi connectivity index (χ3v) is 5.66. The molecule has 1 aromatic heterocycles. The third kappa shape index (κ3) is 2.57. The van der Waals surface area contributed by atoms with Crippen LogP contribution in [0.25, 0.3) is 11.0 Å². The highest BCUT2D eigenvalue weighted by atomic mass is 79.9. The molecule has 2 aromatic carbocycles. The Morgan fingerprint density at radius 2 is 1.96 bits per heavy atom. The maximum atomic E-state index is 13.0. The van der Waals surface area contributed by atoms with Gasteiger partial charge in [0.1, 0.15) is 0 Å². The number of rotatable bonds is 2. The predicted octanol–water partition coefficient (Wildman–Crippen LogP) is 5.09. The SMILES string of the molecule is CC1(N=Nc2ccc(Br)cc2)CSc2nc3ccccc3n2C1=O. The number of azo groups is 1. The Morgan fingerprint density at radius 1 is 1.21 bits per heavy atom. The van der Waals surface area contributed by atoms with Crippen LogP contribution in [0.2, 0.25) is 0 Å². The van der Waals surface area contributed by atoms with Crippen molar-refractivity contribution in [3.8, 4) is 0 Å². The molecule has 1 aliphatic heterocycles. The van der Waals surface area contributed by atoms with Gasteiger partial charge < -0.3 is 0 Å². The van der Waals surface area contributed by atoms with E-state index in [0.717, 1.165) is 26.3 Å². The number of aromatic nitrogens is 2. The molecule has 0 saturated carbocycles. The molecule has 5 nitrogen and oxygen atoms in total. The summed E-state index contributed by atoms with van der Waals surface area (Å²) in [7, 11) is 0. The lowest BCUT2D eigenvalue weighted by atomic mass is 10.1. The van der Waals surface area contributed by atoms with Crippen LogP contribution in [-0.4, -0.2) is 26.8 Å². The van der Waals surface area contributed by atoms with Gasteiger partial charge in [0.05, 0.1) is 16.7 Å². The van der Waals surface area contributed by atoms with Gasteiger partial charge in [-0.1, -0.05) is 39.8 Å². The van der Waals surface area contributed by atoms with Gasteiger partial charge in [-0.25, -0.2) is 4.98 Å². The number of halogens is 1. The Kier molecular flexibility index (Phi) is 3.77. The van der Waals surface area contributed by atoms with Crippen molar-refractivity contribution >= 4 is 50.3 Å². The largest absolute Gasteiger partial charge is 0.271 e. The molecule has 0 amide bonds. The van der Waals surface area contributed by atoms with E-state index >= 15 is 0 Å². The second-order valence-electron chi connectivity index (χ2n) is 5.76. The van der Waals surface area contributed by atoms with Gasteiger partial charge in [-0.3, -0.25) is 9.36 Å². The lowest BCUT2D eigenvalue weighted by Gasteiger charge is -2.27. The minimum absolute atomic E-state index is 0.0918. The fourth-order valence-corrected chi connectivity index (χ4v) is 3.88. The molecule has 0 aliphatic carbocycles. The van der Waals surface area contributed by atoms with Crippen LogP contribution in [0.5, 0.6) is 0 Å². The van der Waals surface area contributed by atoms with Crippen LogP contribution >= 0.6 is 27.7 Å². The van der Waals surface area contributed by atoms with E-state index in [4.69, 9.17) is 0 Å². The zero-order chi connectivity index (χ0) is 16.7. The summed E-state index contributed by atoms with van der Waals surface area (Å²) < 4.78 is 2.64. The summed E-state index contributed by atoms with van der Waals surface area (Å²) in [4.78, 5) is 17.6. The Bertz CT molecular complexity index is 966. The minimum atomic E-state index is -0.909. The van der Waals surface area contributed by atoms with Crippen molar-refractivity contribution in [3.63, 3.8) is 0 Å². The summed E-state index contributed by atoms with van der Waals surface area (Å²) in [5.41, 5.74) is 1.45. The molecule has 120 valence electrons. The van der Waals surface area contributed by atoms with Crippen molar-refractivity contribution in [2.45, 2.75) is 17.6 Å². The summed E-state index contributed by atoms with van der Waals surface area (Å²) in [6, 6.07) is 15.2. The van der Waals surface area contributed by atoms with Gasteiger partial charge in [0.15, 0.2) is 10.7 Å². The van der Waals surface area contributed by atoms with E-state index in [0.29, 0.717) is 5.75 Å². The van der Waals surface area contributed by atoms with Gasteiger partial charge in [0, 0.05) is 10.2 Å². The van der Waals surface area contributed by atoms with Crippen molar-refractivity contribution in [2.75, 3.05) is 5.75 Å². The van der Waals surface area contributed by atoms with Gasteiger partial charge >= 0.3 is 0 Å². The van der Waals surface area contributed by atoms with Crippen LogP contribution in [0.4, 0.5) is 5.69 Å². The maximum Gasteiger partial charge on any atom is 0.263 e. The zero-order valence-electron chi connectivity index (χ0n) is 12.8. The summed E-state index contributed by atoms with van der Waals surface area (Å²) in [6.45, 7) is 1.82. The Labute approximate surface area is 151 Å². The van der Waals surface area contributed by atoms with E-state index in [-0.39, 0.29) is 5.91 Å². The fraction of sp³-hybridized carbons (Fsp3) is 0.176. The number of hydrogen-bond donors (Lipinski definition) is 0. The molecule has 1 atom stereocenters. The highest BCUT2D eigenvalue weighted by molar-refractivity contribution is 9.10. The van der Waals surface area contributed by atoms with Crippen LogP contribution in [-0.2, 0) is 0 Å². The van der Waals surface area contributed by atoms with E-state index in [1.807, 2.05) is 55.5 Å². The van der Waals surface area contributed by atoms with Crippen molar-refractivity contribution in [3.05, 3.63) is 53.0 Å². The highest BCUT2D eigenvalue weighted by Gasteiger charge is 2.41. The van der Waals surface area contributed by atoms with Crippen molar-refractivity contribution in [1.29, 1.82) is 0 Å². The Morgan fingerprint density at radius 3 is 2.75 bits per heavy atom. The first-order chi connectivity index (χ1) is 11.6. The lowest BCUT2D eigenvalue weighted by Crippen LogP contribution is -2.42. The number of thioether (sulfide) groups is 1. The average Bonchev–Trinajstić information content (AvgIpc) is 2.97. The molecule has 0 bridgehead atoms. The van der Waals surface area contributed by atoms with Crippen molar-refractivity contribution < 1.29 is 4.79 Å². The van der Waals surface area contributed by atoms with Crippen LogP contribution in [0, 0.1) is 0 Å². The van der Waals surface area contributed by atoms with Gasteiger partial charge in [-0.15, -0.1) is 0 Å². The van der Waals surface area contributed by atoms with E-state index in [9.17, 15) is 4.79 Å². The number of nitrogens with zero attached hydrogens (tertiary/aromatic N) is 4. The summed E-state index contributed by atoms with van der Waals surface area (Å²) in [5, 5.41) is 9.36. The number of carbonyl (C=O) groups excluding carboxylic acids is 1. The van der Waals surface area contributed by atoms with E-state index in [1.165, 1.54) is 11.8 Å². The van der Waals surface area contributed by atoms with Gasteiger partial charge in [0.2, 0.25) is 0 Å². The Balaban J connectivity index is 1.72. The van der Waals surface area contributed by atoms with Crippen LogP contribution < -0.4 is 0 Å². The molecular weight excluding hydrogens is 388 g/mol. The number of imidazole rings is 1. The molecule has 0 fully saturated rings. The minimum Gasteiger partial charge on any atom is -0.271 e. The molecule has 4 rings (SSSR count). The Hall–Kier alpha value is -1.99. The monoisotopic (exact) mass is 400 g/mol. The summed E-state index contributed by atoms with van der Waals surface area (Å²) in [6.07, 6.45) is 0. The highest BCUT2D eigenvalue weighted by Crippen LogP contribution is 2.36. The van der Waals surface area contributed by atoms with Crippen LogP contribution in [0.15, 0.2) is 68.4 Å². The molecule has 0 radical (unpaired) electrons. The molecule has 0 spiro atoms. The van der Waals surface area contributed by atoms with Crippen LogP contribution in [0.1, 0.15) is 11.7 Å². The lowest BCUT2D eigenvalue weighted by molar-refractivity contribution is 0.0816. The first-order valence-electron chi connectivity index (χ1n) is 7.40. The summed E-state index contributed by atoms with van der Waals surface area (Å²) in [5.74, 6) is 0.431. The molecule has 1 unspecified atom stereocenters. The van der Waals surface area contributed by atoms with E-state index in [1.54, 1.807) is 4.57 Å². The molecule has 7 heteroatoms. The molecule has 2 heterocycles. The van der Waals surface area contributed by atoms with Gasteiger partial charge in [0.25, 0.3) is 5.91 Å². The first-order valence-corrected chi connectivity index (χ1v) is 9.18. The normalized spacial score (nSPS) is 20.7. The molecule has 1 aliphatic rings. The van der Waals surface area contributed by atoms with Gasteiger partial charge in [-0.05, 0) is 43.3 Å². The number of fused-ring (bicyclic) bond motifs is 3. The third-order valence-electron chi connectivity index (χ3n) is 3.89. The number of para-hydroxylation sites is 2. The van der Waals surface area contributed by atoms with Crippen LogP contribution in [0.3, 0.4) is 0 Å². The molecule has 0 N–H and O–H groups in total. The quantitative estimate of drug-likeness (QED) is 0.562. The smallest absolute Gasteiger partial charge is 0.263 e. The number of hydrogen-bond acceptors (Lipinski definition) is 5. The molecule has 24 heavy (non-hydrogen) atoms. The zero-order valence-corrected chi connectivity index (χ0v) is 15.2. The second-order valence-corrected chi connectivity index (χ2v) is 7.62.